The number of hydrogen-bond acceptors (Lipinski definition) is 4. The van der Waals surface area contributed by atoms with E-state index in [1.165, 1.54) is 12.5 Å². The first kappa shape index (κ1) is 10.0. The molecule has 0 unspecified atom stereocenters. The lowest BCUT2D eigenvalue weighted by Crippen LogP contribution is -2.36. The first-order valence-corrected chi connectivity index (χ1v) is 5.27. The largest absolute Gasteiger partial charge is 0.383 e. The number of nitrogens with zero attached hydrogens (tertiary/aromatic N) is 2. The van der Waals surface area contributed by atoms with E-state index in [0.717, 1.165) is 19.5 Å². The van der Waals surface area contributed by atoms with Crippen LogP contribution in [0.1, 0.15) is 19.8 Å². The summed E-state index contributed by atoms with van der Waals surface area (Å²) in [5.41, 5.74) is 5.36. The number of nitrogen functional groups attached to an aromatic ring is 1. The zero-order valence-electron chi connectivity index (χ0n) is 8.86. The molecule has 1 aromatic heterocycles. The summed E-state index contributed by atoms with van der Waals surface area (Å²) in [6.07, 6.45) is 2.38. The smallest absolute Gasteiger partial charge is 0.254 e. The number of piperidine rings is 1. The Morgan fingerprint density at radius 1 is 1.67 bits per heavy atom. The maximum Gasteiger partial charge on any atom is 0.254 e. The first-order valence-electron chi connectivity index (χ1n) is 5.27. The van der Waals surface area contributed by atoms with E-state index < -0.39 is 0 Å². The highest BCUT2D eigenvalue weighted by Crippen LogP contribution is 2.19. The van der Waals surface area contributed by atoms with Crippen LogP contribution in [0, 0.1) is 5.92 Å². The van der Waals surface area contributed by atoms with Gasteiger partial charge in [-0.3, -0.25) is 9.78 Å². The average Bonchev–Trinajstić information content (AvgIpc) is 2.16. The third kappa shape index (κ3) is 2.29. The molecule has 2 heterocycles. The molecule has 0 amide bonds. The van der Waals surface area contributed by atoms with Crippen molar-refractivity contribution in [3.05, 3.63) is 16.4 Å². The maximum absolute atomic E-state index is 11.2. The van der Waals surface area contributed by atoms with E-state index in [-0.39, 0.29) is 11.4 Å². The molecule has 1 saturated heterocycles. The molecule has 1 aromatic rings. The van der Waals surface area contributed by atoms with E-state index >= 15 is 0 Å². The zero-order valence-corrected chi connectivity index (χ0v) is 8.86. The number of aromatic amines is 1. The van der Waals surface area contributed by atoms with Crippen LogP contribution in [0.5, 0.6) is 0 Å². The summed E-state index contributed by atoms with van der Waals surface area (Å²) >= 11 is 0. The number of rotatable bonds is 1. The van der Waals surface area contributed by atoms with E-state index in [2.05, 4.69) is 21.8 Å². The van der Waals surface area contributed by atoms with Crippen molar-refractivity contribution in [2.45, 2.75) is 19.8 Å². The summed E-state index contributed by atoms with van der Waals surface area (Å²) in [5.74, 6) is 1.53. The van der Waals surface area contributed by atoms with Gasteiger partial charge in [0.15, 0.2) is 0 Å². The number of nitrogens with two attached hydrogens (primary N) is 1. The predicted octanol–water partition coefficient (Wildman–Crippen LogP) is 0.588. The Balaban J connectivity index is 2.24. The summed E-state index contributed by atoms with van der Waals surface area (Å²) in [6.45, 7) is 4.08. The summed E-state index contributed by atoms with van der Waals surface area (Å²) in [5, 5.41) is 0. The molecule has 0 bridgehead atoms. The van der Waals surface area contributed by atoms with Crippen molar-refractivity contribution in [2.75, 3.05) is 23.7 Å². The lowest BCUT2D eigenvalue weighted by atomic mass is 10.0. The van der Waals surface area contributed by atoms with Gasteiger partial charge in [0.2, 0.25) is 5.95 Å². The van der Waals surface area contributed by atoms with E-state index in [4.69, 9.17) is 5.73 Å². The van der Waals surface area contributed by atoms with Gasteiger partial charge in [-0.2, -0.15) is 4.98 Å². The van der Waals surface area contributed by atoms with Crippen molar-refractivity contribution in [1.82, 2.24) is 9.97 Å². The molecule has 5 nitrogen and oxygen atoms in total. The molecule has 0 spiro atoms. The van der Waals surface area contributed by atoms with Gasteiger partial charge >= 0.3 is 0 Å². The van der Waals surface area contributed by atoms with Crippen LogP contribution in [0.4, 0.5) is 11.8 Å². The molecule has 0 aliphatic carbocycles. The van der Waals surface area contributed by atoms with Gasteiger partial charge < -0.3 is 10.6 Å². The van der Waals surface area contributed by atoms with Crippen molar-refractivity contribution < 1.29 is 0 Å². The molecule has 82 valence electrons. The Morgan fingerprint density at radius 2 is 2.47 bits per heavy atom. The second kappa shape index (κ2) is 3.92. The molecular weight excluding hydrogens is 192 g/mol. The van der Waals surface area contributed by atoms with Gasteiger partial charge in [0.25, 0.3) is 5.56 Å². The van der Waals surface area contributed by atoms with Crippen LogP contribution in [0.15, 0.2) is 10.9 Å². The van der Waals surface area contributed by atoms with Gasteiger partial charge in [-0.05, 0) is 18.8 Å². The number of nitrogens with one attached hydrogen (secondary N) is 1. The number of anilines is 2. The standard InChI is InChI=1S/C10H16N4O/c1-7-3-2-4-14(6-7)10-12-8(11)5-9(15)13-10/h5,7H,2-4,6H2,1H3,(H3,11,12,13,15)/t7-/m1/s1. The number of hydrogen-bond donors (Lipinski definition) is 2. The Bertz CT molecular complexity index is 401. The Kier molecular flexibility index (Phi) is 2.62. The average molecular weight is 208 g/mol. The summed E-state index contributed by atoms with van der Waals surface area (Å²) in [6, 6.07) is 1.30. The van der Waals surface area contributed by atoms with Crippen LogP contribution < -0.4 is 16.2 Å². The highest BCUT2D eigenvalue weighted by molar-refractivity contribution is 5.38. The fourth-order valence-electron chi connectivity index (χ4n) is 1.99. The van der Waals surface area contributed by atoms with E-state index in [1.54, 1.807) is 0 Å². The third-order valence-corrected chi connectivity index (χ3v) is 2.71. The SMILES string of the molecule is C[C@@H]1CCCN(c2nc(N)cc(=O)[nH]2)C1. The molecule has 1 fully saturated rings. The molecule has 1 aliphatic heterocycles. The maximum atomic E-state index is 11.2. The fraction of sp³-hybridized carbons (Fsp3) is 0.600. The van der Waals surface area contributed by atoms with Gasteiger partial charge in [0.05, 0.1) is 0 Å². The second-order valence-electron chi connectivity index (χ2n) is 4.19. The van der Waals surface area contributed by atoms with Crippen molar-refractivity contribution in [3.8, 4) is 0 Å². The molecule has 2 rings (SSSR count). The van der Waals surface area contributed by atoms with Gasteiger partial charge in [-0.1, -0.05) is 6.92 Å². The van der Waals surface area contributed by atoms with Gasteiger partial charge in [-0.15, -0.1) is 0 Å². The van der Waals surface area contributed by atoms with Crippen LogP contribution in [-0.2, 0) is 0 Å². The minimum atomic E-state index is -0.185. The third-order valence-electron chi connectivity index (χ3n) is 2.71. The topological polar surface area (TPSA) is 75.0 Å². The van der Waals surface area contributed by atoms with E-state index in [9.17, 15) is 4.79 Å². The van der Waals surface area contributed by atoms with Crippen molar-refractivity contribution in [1.29, 1.82) is 0 Å². The monoisotopic (exact) mass is 208 g/mol. The normalized spacial score (nSPS) is 21.7. The van der Waals surface area contributed by atoms with Crippen molar-refractivity contribution in [3.63, 3.8) is 0 Å². The van der Waals surface area contributed by atoms with Gasteiger partial charge in [0, 0.05) is 19.2 Å². The highest BCUT2D eigenvalue weighted by atomic mass is 16.1. The Hall–Kier alpha value is -1.52. The summed E-state index contributed by atoms with van der Waals surface area (Å²) < 4.78 is 0. The van der Waals surface area contributed by atoms with Crippen LogP contribution >= 0.6 is 0 Å². The summed E-state index contributed by atoms with van der Waals surface area (Å²) in [4.78, 5) is 20.2. The highest BCUT2D eigenvalue weighted by Gasteiger charge is 2.18. The van der Waals surface area contributed by atoms with Crippen molar-refractivity contribution >= 4 is 11.8 Å². The van der Waals surface area contributed by atoms with E-state index in [1.807, 2.05) is 0 Å². The van der Waals surface area contributed by atoms with Crippen molar-refractivity contribution in [2.24, 2.45) is 5.92 Å². The van der Waals surface area contributed by atoms with Gasteiger partial charge in [0.1, 0.15) is 5.82 Å². The number of H-pyrrole nitrogens is 1. The first-order chi connectivity index (χ1) is 7.15. The Morgan fingerprint density at radius 3 is 3.13 bits per heavy atom. The van der Waals surface area contributed by atoms with Gasteiger partial charge in [-0.25, -0.2) is 0 Å². The lowest BCUT2D eigenvalue weighted by molar-refractivity contribution is 0.442. The molecule has 0 saturated carbocycles. The zero-order chi connectivity index (χ0) is 10.8. The molecular formula is C10H16N4O. The minimum absolute atomic E-state index is 0.185. The van der Waals surface area contributed by atoms with Crippen LogP contribution in [0.2, 0.25) is 0 Å². The molecule has 1 atom stereocenters. The van der Waals surface area contributed by atoms with E-state index in [0.29, 0.717) is 11.9 Å². The van der Waals surface area contributed by atoms with Crippen LogP contribution in [0.3, 0.4) is 0 Å². The molecule has 0 radical (unpaired) electrons. The fourth-order valence-corrected chi connectivity index (χ4v) is 1.99. The van der Waals surface area contributed by atoms with Crippen LogP contribution in [-0.4, -0.2) is 23.1 Å². The van der Waals surface area contributed by atoms with Crippen LogP contribution in [0.25, 0.3) is 0 Å². The summed E-state index contributed by atoms with van der Waals surface area (Å²) in [7, 11) is 0. The molecule has 0 aromatic carbocycles. The Labute approximate surface area is 88.3 Å². The predicted molar refractivity (Wildman–Crippen MR) is 59.9 cm³/mol. The minimum Gasteiger partial charge on any atom is -0.383 e. The molecule has 5 heteroatoms. The lowest BCUT2D eigenvalue weighted by Gasteiger charge is -2.31. The molecule has 15 heavy (non-hydrogen) atoms. The quantitative estimate of drug-likeness (QED) is 0.708. The molecule has 3 N–H and O–H groups in total. The second-order valence-corrected chi connectivity index (χ2v) is 4.19. The molecule has 1 aliphatic rings. The number of aromatic nitrogens is 2.